The van der Waals surface area contributed by atoms with E-state index in [2.05, 4.69) is 16.8 Å². The lowest BCUT2D eigenvalue weighted by Gasteiger charge is -2.38. The topological polar surface area (TPSA) is 82.6 Å². The molecule has 0 aromatic heterocycles. The van der Waals surface area contributed by atoms with E-state index in [1.165, 1.54) is 30.2 Å². The SMILES string of the molecule is COc1ccc(S(=O)(=O)N2Cc3ccccc3C[C@H]2COCC(=O)N2CCN(CC3CCN(C)CC3)CC2)cc1.Cl.Cl. The molecule has 0 radical (unpaired) electrons. The molecule has 234 valence electrons. The van der Waals surface area contributed by atoms with Crippen LogP contribution in [0.5, 0.6) is 5.75 Å². The van der Waals surface area contributed by atoms with Crippen molar-refractivity contribution in [1.82, 2.24) is 19.0 Å². The predicted molar refractivity (Wildman–Crippen MR) is 168 cm³/mol. The van der Waals surface area contributed by atoms with Gasteiger partial charge >= 0.3 is 0 Å². The van der Waals surface area contributed by atoms with Gasteiger partial charge in [0, 0.05) is 39.3 Å². The molecule has 9 nitrogen and oxygen atoms in total. The van der Waals surface area contributed by atoms with Gasteiger partial charge in [-0.1, -0.05) is 24.3 Å². The third-order valence-electron chi connectivity index (χ3n) is 8.59. The fraction of sp³-hybridized carbons (Fsp3) is 0.567. The van der Waals surface area contributed by atoms with Crippen molar-refractivity contribution in [2.75, 3.05) is 73.2 Å². The molecule has 3 aliphatic rings. The summed E-state index contributed by atoms with van der Waals surface area (Å²) >= 11 is 0. The summed E-state index contributed by atoms with van der Waals surface area (Å²) in [4.78, 5) is 19.9. The molecule has 1 atom stereocenters. The second-order valence-corrected chi connectivity index (χ2v) is 13.2. The molecule has 2 aromatic rings. The molecule has 3 aliphatic heterocycles. The van der Waals surface area contributed by atoms with Crippen molar-refractivity contribution >= 4 is 40.7 Å². The average molecular weight is 644 g/mol. The summed E-state index contributed by atoms with van der Waals surface area (Å²) in [5.74, 6) is 1.32. The van der Waals surface area contributed by atoms with Gasteiger partial charge in [-0.15, -0.1) is 24.8 Å². The average Bonchev–Trinajstić information content (AvgIpc) is 2.98. The van der Waals surface area contributed by atoms with E-state index in [1.54, 1.807) is 31.4 Å². The standard InChI is InChI=1S/C30H42N4O5S.2ClH/c1-31-13-11-24(12-14-31)20-32-15-17-33(18-16-32)30(35)23-39-22-27-19-25-5-3-4-6-26(25)21-34(27)40(36,37)29-9-7-28(38-2)8-10-29;;/h3-10,24,27H,11-23H2,1-2H3;2*1H/t27-;;/m0../s1. The van der Waals surface area contributed by atoms with E-state index in [0.717, 1.165) is 36.7 Å². The Bertz CT molecular complexity index is 1250. The number of rotatable bonds is 9. The number of benzene rings is 2. The number of sulfonamides is 1. The fourth-order valence-electron chi connectivity index (χ4n) is 6.03. The number of hydrogen-bond acceptors (Lipinski definition) is 7. The molecule has 42 heavy (non-hydrogen) atoms. The van der Waals surface area contributed by atoms with Crippen molar-refractivity contribution in [3.63, 3.8) is 0 Å². The third-order valence-corrected chi connectivity index (χ3v) is 10.5. The van der Waals surface area contributed by atoms with Gasteiger partial charge < -0.3 is 19.3 Å². The van der Waals surface area contributed by atoms with Gasteiger partial charge in [-0.3, -0.25) is 9.69 Å². The zero-order chi connectivity index (χ0) is 28.1. The van der Waals surface area contributed by atoms with E-state index in [9.17, 15) is 13.2 Å². The Morgan fingerprint density at radius 2 is 1.55 bits per heavy atom. The quantitative estimate of drug-likeness (QED) is 0.416. The van der Waals surface area contributed by atoms with E-state index >= 15 is 0 Å². The fourth-order valence-corrected chi connectivity index (χ4v) is 7.62. The first-order valence-electron chi connectivity index (χ1n) is 14.3. The Balaban J connectivity index is 0.00000242. The summed E-state index contributed by atoms with van der Waals surface area (Å²) in [6.45, 7) is 7.07. The minimum atomic E-state index is -3.78. The summed E-state index contributed by atoms with van der Waals surface area (Å²) in [7, 11) is -0.0380. The number of nitrogens with zero attached hydrogens (tertiary/aromatic N) is 4. The highest BCUT2D eigenvalue weighted by Crippen LogP contribution is 2.30. The third kappa shape index (κ3) is 8.37. The number of hydrogen-bond donors (Lipinski definition) is 0. The lowest BCUT2D eigenvalue weighted by molar-refractivity contribution is -0.138. The first-order valence-corrected chi connectivity index (χ1v) is 15.8. The van der Waals surface area contributed by atoms with E-state index in [4.69, 9.17) is 9.47 Å². The molecule has 1 amide bonds. The molecule has 2 aromatic carbocycles. The molecule has 2 saturated heterocycles. The number of halogens is 2. The van der Waals surface area contributed by atoms with E-state index in [-0.39, 0.29) is 55.4 Å². The van der Waals surface area contributed by atoms with E-state index in [1.807, 2.05) is 29.2 Å². The molecule has 5 rings (SSSR count). The summed E-state index contributed by atoms with van der Waals surface area (Å²) in [6.07, 6.45) is 3.04. The van der Waals surface area contributed by atoms with Crippen molar-refractivity contribution in [2.45, 2.75) is 36.7 Å². The molecule has 0 bridgehead atoms. The summed E-state index contributed by atoms with van der Waals surface area (Å²) in [5, 5.41) is 0. The highest BCUT2D eigenvalue weighted by atomic mass is 35.5. The van der Waals surface area contributed by atoms with Gasteiger partial charge in [-0.05, 0) is 80.7 Å². The van der Waals surface area contributed by atoms with Crippen molar-refractivity contribution < 1.29 is 22.7 Å². The number of carbonyl (C=O) groups excluding carboxylic acids is 1. The molecule has 2 fully saturated rings. The minimum Gasteiger partial charge on any atom is -0.497 e. The summed E-state index contributed by atoms with van der Waals surface area (Å²) in [6, 6.07) is 14.0. The van der Waals surface area contributed by atoms with Gasteiger partial charge in [-0.25, -0.2) is 8.42 Å². The van der Waals surface area contributed by atoms with Crippen LogP contribution in [0.25, 0.3) is 0 Å². The van der Waals surface area contributed by atoms with Gasteiger partial charge in [0.15, 0.2) is 0 Å². The number of methoxy groups -OCH3 is 1. The molecule has 0 N–H and O–H groups in total. The summed E-state index contributed by atoms with van der Waals surface area (Å²) < 4.78 is 40.0. The lowest BCUT2D eigenvalue weighted by atomic mass is 9.96. The highest BCUT2D eigenvalue weighted by molar-refractivity contribution is 7.89. The van der Waals surface area contributed by atoms with Crippen LogP contribution in [-0.2, 0) is 32.5 Å². The van der Waals surface area contributed by atoms with Crippen LogP contribution in [0.1, 0.15) is 24.0 Å². The van der Waals surface area contributed by atoms with Crippen molar-refractivity contribution in [1.29, 1.82) is 0 Å². The normalized spacial score (nSPS) is 20.7. The van der Waals surface area contributed by atoms with Crippen LogP contribution in [0.2, 0.25) is 0 Å². The number of piperidine rings is 1. The molecular formula is C30H44Cl2N4O5S. The number of fused-ring (bicyclic) bond motifs is 1. The van der Waals surface area contributed by atoms with Gasteiger partial charge in [-0.2, -0.15) is 4.31 Å². The highest BCUT2D eigenvalue weighted by Gasteiger charge is 2.36. The first-order chi connectivity index (χ1) is 19.3. The maximum absolute atomic E-state index is 13.7. The zero-order valence-corrected chi connectivity index (χ0v) is 27.0. The smallest absolute Gasteiger partial charge is 0.248 e. The molecule has 0 spiro atoms. The van der Waals surface area contributed by atoms with Gasteiger partial charge in [0.1, 0.15) is 12.4 Å². The van der Waals surface area contributed by atoms with Crippen LogP contribution < -0.4 is 4.74 Å². The largest absolute Gasteiger partial charge is 0.497 e. The Morgan fingerprint density at radius 3 is 2.19 bits per heavy atom. The Kier molecular flexibility index (Phi) is 12.9. The Morgan fingerprint density at radius 1 is 0.905 bits per heavy atom. The van der Waals surface area contributed by atoms with Crippen molar-refractivity contribution in [3.8, 4) is 5.75 Å². The van der Waals surface area contributed by atoms with Crippen molar-refractivity contribution in [2.24, 2.45) is 5.92 Å². The Labute approximate surface area is 263 Å². The first kappa shape index (κ1) is 34.6. The molecule has 3 heterocycles. The molecule has 0 aliphatic carbocycles. The maximum atomic E-state index is 13.7. The molecular weight excluding hydrogens is 599 g/mol. The van der Waals surface area contributed by atoms with Crippen LogP contribution >= 0.6 is 24.8 Å². The van der Waals surface area contributed by atoms with Crippen LogP contribution in [0.4, 0.5) is 0 Å². The number of ether oxygens (including phenoxy) is 2. The monoisotopic (exact) mass is 642 g/mol. The number of likely N-dealkylation sites (tertiary alicyclic amines) is 1. The van der Waals surface area contributed by atoms with E-state index < -0.39 is 16.1 Å². The van der Waals surface area contributed by atoms with Gasteiger partial charge in [0.2, 0.25) is 15.9 Å². The van der Waals surface area contributed by atoms with Gasteiger partial charge in [0.25, 0.3) is 0 Å². The molecule has 0 saturated carbocycles. The number of piperazine rings is 1. The van der Waals surface area contributed by atoms with E-state index in [0.29, 0.717) is 25.3 Å². The van der Waals surface area contributed by atoms with Crippen LogP contribution in [0, 0.1) is 5.92 Å². The predicted octanol–water partition coefficient (Wildman–Crippen LogP) is 3.16. The second-order valence-electron chi connectivity index (χ2n) is 11.3. The van der Waals surface area contributed by atoms with Crippen LogP contribution in [0.3, 0.4) is 0 Å². The van der Waals surface area contributed by atoms with Crippen LogP contribution in [0.15, 0.2) is 53.4 Å². The number of carbonyl (C=O) groups is 1. The lowest BCUT2D eigenvalue weighted by Crippen LogP contribution is -2.51. The second kappa shape index (κ2) is 15.7. The van der Waals surface area contributed by atoms with Crippen molar-refractivity contribution in [3.05, 3.63) is 59.7 Å². The Hall–Kier alpha value is -1.92. The maximum Gasteiger partial charge on any atom is 0.248 e. The van der Waals surface area contributed by atoms with Crippen LogP contribution in [-0.4, -0.2) is 113 Å². The van der Waals surface area contributed by atoms with Gasteiger partial charge in [0.05, 0.1) is 24.7 Å². The number of amides is 1. The molecule has 0 unspecified atom stereocenters. The molecule has 12 heteroatoms. The summed E-state index contributed by atoms with van der Waals surface area (Å²) in [5.41, 5.74) is 2.11. The minimum absolute atomic E-state index is 0. The zero-order valence-electron chi connectivity index (χ0n) is 24.5.